The molecule has 0 bridgehead atoms. The molecule has 0 saturated carbocycles. The van der Waals surface area contributed by atoms with Crippen LogP contribution < -0.4 is 16.4 Å². The minimum atomic E-state index is -1.28. The van der Waals surface area contributed by atoms with Crippen molar-refractivity contribution in [3.05, 3.63) is 63.7 Å². The third kappa shape index (κ3) is 3.09. The molecule has 9 heteroatoms. The van der Waals surface area contributed by atoms with Gasteiger partial charge in [-0.1, -0.05) is 35.9 Å². The Morgan fingerprint density at radius 1 is 1.15 bits per heavy atom. The zero-order chi connectivity index (χ0) is 24.4. The summed E-state index contributed by atoms with van der Waals surface area (Å²) in [5.41, 5.74) is 8.12. The number of primary amides is 1. The molecule has 0 radical (unpaired) electrons. The highest BCUT2D eigenvalue weighted by molar-refractivity contribution is 6.31. The molecule has 2 fully saturated rings. The van der Waals surface area contributed by atoms with Crippen LogP contribution in [0.2, 0.25) is 5.02 Å². The molecule has 0 unspecified atom stereocenters. The van der Waals surface area contributed by atoms with Crippen molar-refractivity contribution in [2.75, 3.05) is 5.32 Å². The topological polar surface area (TPSA) is 126 Å². The van der Waals surface area contributed by atoms with E-state index < -0.39 is 35.2 Å². The van der Waals surface area contributed by atoms with Gasteiger partial charge in [-0.15, -0.1) is 0 Å². The second-order valence-corrected chi connectivity index (χ2v) is 9.85. The van der Waals surface area contributed by atoms with Crippen molar-refractivity contribution in [1.82, 2.24) is 4.90 Å². The average Bonchev–Trinajstić information content (AvgIpc) is 3.37. The summed E-state index contributed by atoms with van der Waals surface area (Å²) < 4.78 is 0. The minimum absolute atomic E-state index is 0.0321. The standard InChI is InChI=1S/C25H25ClN4O4/c1-12-7-8-15-21(13(12)2)28-24(34)25(15)20-19(17(29-25)9-10-18(27)31)22(32)30(23(20)33)11-14-5-3-4-6-16(14)26/h3-8,17,19-20,29H,9-11H2,1-2H3,(H2,27,31)(H,28,34)/p+1/t17-,19-,20+,25+/m1/s1. The zero-order valence-electron chi connectivity index (χ0n) is 18.9. The fourth-order valence-corrected chi connectivity index (χ4v) is 6.06. The van der Waals surface area contributed by atoms with E-state index in [9.17, 15) is 19.2 Å². The Morgan fingerprint density at radius 3 is 2.59 bits per heavy atom. The van der Waals surface area contributed by atoms with Crippen LogP contribution in [-0.2, 0) is 31.3 Å². The lowest BCUT2D eigenvalue weighted by Crippen LogP contribution is -2.99. The Balaban J connectivity index is 1.61. The predicted octanol–water partition coefficient (Wildman–Crippen LogP) is 1.12. The van der Waals surface area contributed by atoms with Crippen molar-refractivity contribution in [3.63, 3.8) is 0 Å². The lowest BCUT2D eigenvalue weighted by Gasteiger charge is -2.26. The highest BCUT2D eigenvalue weighted by atomic mass is 35.5. The van der Waals surface area contributed by atoms with Crippen LogP contribution in [0.5, 0.6) is 0 Å². The summed E-state index contributed by atoms with van der Waals surface area (Å²) >= 11 is 6.30. The number of fused-ring (bicyclic) bond motifs is 4. The van der Waals surface area contributed by atoms with E-state index in [1.54, 1.807) is 24.3 Å². The van der Waals surface area contributed by atoms with Crippen LogP contribution in [-0.4, -0.2) is 34.6 Å². The molecule has 0 aliphatic carbocycles. The summed E-state index contributed by atoms with van der Waals surface area (Å²) in [6.07, 6.45) is 0.360. The molecule has 34 heavy (non-hydrogen) atoms. The number of carbonyl (C=O) groups is 4. The molecule has 4 atom stereocenters. The molecule has 2 saturated heterocycles. The second-order valence-electron chi connectivity index (χ2n) is 9.45. The van der Waals surface area contributed by atoms with Crippen LogP contribution in [0.15, 0.2) is 36.4 Å². The SMILES string of the molecule is Cc1ccc2c(c1C)NC(=O)[C@]21[NH2+][C@H](CCC(N)=O)[C@H]2C(=O)N(Cc3ccccc3Cl)C(=O)[C@H]21. The number of aryl methyl sites for hydroxylation is 1. The number of imide groups is 1. The first kappa shape index (κ1) is 22.6. The van der Waals surface area contributed by atoms with Gasteiger partial charge in [0, 0.05) is 23.4 Å². The number of amides is 4. The quantitative estimate of drug-likeness (QED) is 0.553. The summed E-state index contributed by atoms with van der Waals surface area (Å²) in [5.74, 6) is -3.17. The van der Waals surface area contributed by atoms with Crippen molar-refractivity contribution in [1.29, 1.82) is 0 Å². The highest BCUT2D eigenvalue weighted by Gasteiger charge is 2.74. The van der Waals surface area contributed by atoms with Gasteiger partial charge < -0.3 is 16.4 Å². The molecule has 1 spiro atoms. The van der Waals surface area contributed by atoms with Gasteiger partial charge in [0.25, 0.3) is 5.91 Å². The van der Waals surface area contributed by atoms with Crippen molar-refractivity contribution < 1.29 is 24.5 Å². The fraction of sp³-hybridized carbons (Fsp3) is 0.360. The maximum Gasteiger partial charge on any atom is 0.291 e. The normalized spacial score (nSPS) is 27.3. The number of nitrogens with zero attached hydrogens (tertiary/aromatic N) is 1. The van der Waals surface area contributed by atoms with Gasteiger partial charge in [0.15, 0.2) is 0 Å². The molecule has 2 aromatic rings. The van der Waals surface area contributed by atoms with E-state index in [1.165, 1.54) is 4.90 Å². The molecule has 4 amide bonds. The fourth-order valence-electron chi connectivity index (χ4n) is 5.87. The molecule has 3 aliphatic heterocycles. The Bertz CT molecular complexity index is 1260. The third-order valence-corrected chi connectivity index (χ3v) is 8.05. The number of hydrogen-bond acceptors (Lipinski definition) is 4. The third-order valence-electron chi connectivity index (χ3n) is 7.68. The molecule has 5 rings (SSSR count). The largest absolute Gasteiger partial charge is 0.370 e. The van der Waals surface area contributed by atoms with E-state index in [1.807, 2.05) is 31.3 Å². The number of nitrogens with one attached hydrogen (secondary N) is 1. The predicted molar refractivity (Wildman–Crippen MR) is 124 cm³/mol. The number of nitrogens with two attached hydrogens (primary N) is 2. The van der Waals surface area contributed by atoms with Crippen LogP contribution in [0.25, 0.3) is 0 Å². The Hall–Kier alpha value is -3.23. The van der Waals surface area contributed by atoms with Gasteiger partial charge in [-0.3, -0.25) is 24.1 Å². The second kappa shape index (κ2) is 7.92. The van der Waals surface area contributed by atoms with Gasteiger partial charge in [-0.05, 0) is 42.7 Å². The van der Waals surface area contributed by atoms with Gasteiger partial charge in [-0.25, -0.2) is 0 Å². The molecular formula is C25H26ClN4O4+. The van der Waals surface area contributed by atoms with Crippen LogP contribution in [0.1, 0.15) is 35.1 Å². The van der Waals surface area contributed by atoms with Crippen molar-refractivity contribution in [2.24, 2.45) is 17.6 Å². The lowest BCUT2D eigenvalue weighted by atomic mass is 9.76. The number of carbonyl (C=O) groups excluding carboxylic acids is 4. The van der Waals surface area contributed by atoms with E-state index in [2.05, 4.69) is 5.32 Å². The van der Waals surface area contributed by atoms with E-state index in [0.717, 1.165) is 11.1 Å². The number of rotatable bonds is 5. The highest BCUT2D eigenvalue weighted by Crippen LogP contribution is 2.50. The average molecular weight is 482 g/mol. The number of halogens is 1. The number of benzene rings is 2. The first-order chi connectivity index (χ1) is 16.2. The smallest absolute Gasteiger partial charge is 0.291 e. The van der Waals surface area contributed by atoms with Gasteiger partial charge in [0.1, 0.15) is 17.9 Å². The van der Waals surface area contributed by atoms with E-state index >= 15 is 0 Å². The molecule has 3 aliphatic rings. The van der Waals surface area contributed by atoms with Crippen LogP contribution in [0.3, 0.4) is 0 Å². The van der Waals surface area contributed by atoms with Crippen molar-refractivity contribution in [3.8, 4) is 0 Å². The molecular weight excluding hydrogens is 456 g/mol. The Morgan fingerprint density at radius 2 is 1.88 bits per heavy atom. The maximum absolute atomic E-state index is 13.8. The first-order valence-corrected chi connectivity index (χ1v) is 11.7. The summed E-state index contributed by atoms with van der Waals surface area (Å²) in [6, 6.07) is 10.4. The van der Waals surface area contributed by atoms with Gasteiger partial charge in [0.05, 0.1) is 12.2 Å². The number of likely N-dealkylation sites (tertiary alicyclic amines) is 1. The lowest BCUT2D eigenvalue weighted by molar-refractivity contribution is -0.734. The maximum atomic E-state index is 13.8. The van der Waals surface area contributed by atoms with Crippen LogP contribution >= 0.6 is 11.6 Å². The number of anilines is 1. The molecule has 176 valence electrons. The molecule has 5 N–H and O–H groups in total. The first-order valence-electron chi connectivity index (χ1n) is 11.3. The monoisotopic (exact) mass is 481 g/mol. The summed E-state index contributed by atoms with van der Waals surface area (Å²) in [6.45, 7) is 3.92. The molecule has 8 nitrogen and oxygen atoms in total. The Kier molecular flexibility index (Phi) is 5.26. The Labute approximate surface area is 201 Å². The zero-order valence-corrected chi connectivity index (χ0v) is 19.7. The van der Waals surface area contributed by atoms with E-state index in [4.69, 9.17) is 17.3 Å². The summed E-state index contributed by atoms with van der Waals surface area (Å²) in [5, 5.41) is 5.26. The summed E-state index contributed by atoms with van der Waals surface area (Å²) in [4.78, 5) is 53.8. The van der Waals surface area contributed by atoms with Crippen LogP contribution in [0, 0.1) is 25.7 Å². The molecule has 3 heterocycles. The van der Waals surface area contributed by atoms with Gasteiger partial charge in [-0.2, -0.15) is 0 Å². The van der Waals surface area contributed by atoms with E-state index in [-0.39, 0.29) is 24.8 Å². The molecule has 0 aromatic heterocycles. The summed E-state index contributed by atoms with van der Waals surface area (Å²) in [7, 11) is 0. The van der Waals surface area contributed by atoms with Gasteiger partial charge in [0.2, 0.25) is 23.3 Å². The van der Waals surface area contributed by atoms with Gasteiger partial charge >= 0.3 is 0 Å². The van der Waals surface area contributed by atoms with E-state index in [0.29, 0.717) is 28.3 Å². The van der Waals surface area contributed by atoms with Crippen molar-refractivity contribution >= 4 is 40.9 Å². The number of quaternary nitrogens is 1. The molecule has 2 aromatic carbocycles. The minimum Gasteiger partial charge on any atom is -0.370 e. The number of hydrogen-bond donors (Lipinski definition) is 3. The van der Waals surface area contributed by atoms with Crippen molar-refractivity contribution in [2.45, 2.75) is 44.8 Å². The van der Waals surface area contributed by atoms with Crippen LogP contribution in [0.4, 0.5) is 5.69 Å².